The summed E-state index contributed by atoms with van der Waals surface area (Å²) in [5.74, 6) is -0.239. The van der Waals surface area contributed by atoms with Crippen LogP contribution in [0.1, 0.15) is 18.4 Å². The third kappa shape index (κ3) is 5.39. The molecule has 0 amide bonds. The second kappa shape index (κ2) is 11.8. The van der Waals surface area contributed by atoms with Gasteiger partial charge in [-0.1, -0.05) is 23.8 Å². The van der Waals surface area contributed by atoms with E-state index in [-0.39, 0.29) is 43.0 Å². The number of halogens is 2. The van der Waals surface area contributed by atoms with E-state index < -0.39 is 18.1 Å². The van der Waals surface area contributed by atoms with Crippen molar-refractivity contribution in [3.63, 3.8) is 0 Å². The van der Waals surface area contributed by atoms with Crippen LogP contribution in [0.5, 0.6) is 6.01 Å². The number of aromatic nitrogens is 5. The molecule has 2 atom stereocenters. The minimum Gasteiger partial charge on any atom is -0.462 e. The Labute approximate surface area is 257 Å². The van der Waals surface area contributed by atoms with Crippen molar-refractivity contribution in [1.82, 2.24) is 30.0 Å². The van der Waals surface area contributed by atoms with Crippen LogP contribution >= 0.6 is 11.6 Å². The van der Waals surface area contributed by atoms with E-state index in [4.69, 9.17) is 35.5 Å². The van der Waals surface area contributed by atoms with Gasteiger partial charge in [0.25, 0.3) is 0 Å². The smallest absolute Gasteiger partial charge is 0.462 e. The molecule has 2 fully saturated rings. The molecule has 230 valence electrons. The number of hydrogen-bond donors (Lipinski definition) is 1. The van der Waals surface area contributed by atoms with Crippen molar-refractivity contribution in [3.05, 3.63) is 47.0 Å². The SMILES string of the molecule is C=C1C[C@@H](COc2nc3c4cnc(c(F)c4n2)-c2c(c(Cl)cc4[nH]ncc24)CCCOC(=O)O[C@@H]2COCCN3C2)N(C)C1. The molecule has 0 unspecified atom stereocenters. The van der Waals surface area contributed by atoms with E-state index >= 15 is 4.39 Å². The monoisotopic (exact) mass is 623 g/mol. The molecule has 0 radical (unpaired) electrons. The van der Waals surface area contributed by atoms with Gasteiger partial charge in [0.2, 0.25) is 0 Å². The van der Waals surface area contributed by atoms with Gasteiger partial charge < -0.3 is 23.8 Å². The zero-order chi connectivity index (χ0) is 30.4. The maximum Gasteiger partial charge on any atom is 0.508 e. The number of benzene rings is 1. The lowest BCUT2D eigenvalue weighted by Crippen LogP contribution is -2.36. The summed E-state index contributed by atoms with van der Waals surface area (Å²) < 4.78 is 39.7. The van der Waals surface area contributed by atoms with Crippen molar-refractivity contribution < 1.29 is 28.1 Å². The second-order valence-corrected chi connectivity index (χ2v) is 11.8. The van der Waals surface area contributed by atoms with E-state index in [0.29, 0.717) is 70.9 Å². The van der Waals surface area contributed by atoms with E-state index in [1.54, 1.807) is 18.5 Å². The van der Waals surface area contributed by atoms with Crippen molar-refractivity contribution in [2.24, 2.45) is 0 Å². The number of fused-ring (bicyclic) bond motifs is 7. The molecule has 4 aliphatic heterocycles. The Morgan fingerprint density at radius 1 is 1.25 bits per heavy atom. The van der Waals surface area contributed by atoms with Crippen LogP contribution in [-0.2, 0) is 20.6 Å². The Hall–Kier alpha value is -4.07. The molecular weight excluding hydrogens is 593 g/mol. The van der Waals surface area contributed by atoms with Gasteiger partial charge in [0.1, 0.15) is 29.7 Å². The summed E-state index contributed by atoms with van der Waals surface area (Å²) in [7, 11) is 2.01. The van der Waals surface area contributed by atoms with Crippen LogP contribution in [0.25, 0.3) is 33.1 Å². The summed E-state index contributed by atoms with van der Waals surface area (Å²) in [5, 5.41) is 8.52. The molecule has 6 bridgehead atoms. The number of carbonyl (C=O) groups is 1. The highest BCUT2D eigenvalue weighted by molar-refractivity contribution is 6.33. The van der Waals surface area contributed by atoms with Crippen LogP contribution < -0.4 is 9.64 Å². The summed E-state index contributed by atoms with van der Waals surface area (Å²) in [5.41, 5.74) is 3.02. The molecule has 3 aromatic heterocycles. The first-order chi connectivity index (χ1) is 21.4. The highest BCUT2D eigenvalue weighted by Gasteiger charge is 2.30. The van der Waals surface area contributed by atoms with Crippen molar-refractivity contribution in [1.29, 1.82) is 0 Å². The number of nitrogens with zero attached hydrogens (tertiary/aromatic N) is 6. The standard InChI is InChI=1S/C30H31ClFN7O5/c1-16-8-17(38(2)12-16)14-43-29-35-26-21-10-33-27(25(26)32)24-19(22(31)9-23-20(24)11-34-37-23)4-3-6-42-30(40)44-18-13-39(28(21)36-29)5-7-41-15-18/h9-11,17-18H,1,3-8,12-15H2,2H3,(H,34,37)/t17-,18-/m0/s1. The summed E-state index contributed by atoms with van der Waals surface area (Å²) in [6.07, 6.45) is 3.33. The third-order valence-corrected chi connectivity index (χ3v) is 8.63. The number of rotatable bonds is 3. The number of likely N-dealkylation sites (N-methyl/N-ethyl adjacent to an activating group) is 1. The Bertz CT molecular complexity index is 1770. The van der Waals surface area contributed by atoms with Gasteiger partial charge in [0, 0.05) is 41.3 Å². The number of pyridine rings is 1. The van der Waals surface area contributed by atoms with Gasteiger partial charge in [0.05, 0.1) is 43.5 Å². The summed E-state index contributed by atoms with van der Waals surface area (Å²) in [4.78, 5) is 30.6. The molecule has 4 aliphatic rings. The summed E-state index contributed by atoms with van der Waals surface area (Å²) in [6, 6.07) is 1.86. The molecule has 2 saturated heterocycles. The molecule has 44 heavy (non-hydrogen) atoms. The fourth-order valence-corrected chi connectivity index (χ4v) is 6.43. The average Bonchev–Trinajstić information content (AvgIpc) is 3.51. The number of H-pyrrole nitrogens is 1. The van der Waals surface area contributed by atoms with Crippen LogP contribution in [0.15, 0.2) is 30.6 Å². The Morgan fingerprint density at radius 3 is 2.98 bits per heavy atom. The van der Waals surface area contributed by atoms with Gasteiger partial charge >= 0.3 is 12.2 Å². The molecule has 0 saturated carbocycles. The first kappa shape index (κ1) is 28.7. The van der Waals surface area contributed by atoms with Crippen LogP contribution in [0.4, 0.5) is 15.0 Å². The highest BCUT2D eigenvalue weighted by atomic mass is 35.5. The second-order valence-electron chi connectivity index (χ2n) is 11.4. The molecular formula is C30H31ClFN7O5. The number of ether oxygens (including phenoxy) is 4. The van der Waals surface area contributed by atoms with Crippen LogP contribution in [0.2, 0.25) is 5.02 Å². The zero-order valence-corrected chi connectivity index (χ0v) is 24.9. The lowest BCUT2D eigenvalue weighted by atomic mass is 9.95. The summed E-state index contributed by atoms with van der Waals surface area (Å²) in [6.45, 7) is 6.42. The largest absolute Gasteiger partial charge is 0.508 e. The van der Waals surface area contributed by atoms with Crippen molar-refractivity contribution >= 4 is 45.4 Å². The fourth-order valence-electron chi connectivity index (χ4n) is 6.13. The van der Waals surface area contributed by atoms with Gasteiger partial charge in [-0.2, -0.15) is 15.1 Å². The molecule has 1 N–H and O–H groups in total. The predicted molar refractivity (Wildman–Crippen MR) is 161 cm³/mol. The Kier molecular flexibility index (Phi) is 7.69. The van der Waals surface area contributed by atoms with Crippen molar-refractivity contribution in [2.45, 2.75) is 31.4 Å². The van der Waals surface area contributed by atoms with Gasteiger partial charge in [-0.3, -0.25) is 15.0 Å². The van der Waals surface area contributed by atoms with E-state index in [2.05, 4.69) is 31.6 Å². The van der Waals surface area contributed by atoms with Gasteiger partial charge in [-0.25, -0.2) is 9.18 Å². The number of anilines is 1. The van der Waals surface area contributed by atoms with Crippen LogP contribution in [0, 0.1) is 5.82 Å². The lowest BCUT2D eigenvalue weighted by molar-refractivity contribution is -0.00448. The maximum absolute atomic E-state index is 16.9. The first-order valence-electron chi connectivity index (χ1n) is 14.5. The molecule has 4 aromatic rings. The molecule has 8 rings (SSSR count). The fraction of sp³-hybridized carbons (Fsp3) is 0.433. The highest BCUT2D eigenvalue weighted by Crippen LogP contribution is 2.40. The molecule has 0 spiro atoms. The number of hydrogen-bond acceptors (Lipinski definition) is 11. The van der Waals surface area contributed by atoms with Crippen molar-refractivity contribution in [2.75, 3.05) is 58.0 Å². The molecule has 7 heterocycles. The minimum atomic E-state index is -0.792. The molecule has 1 aromatic carbocycles. The predicted octanol–water partition coefficient (Wildman–Crippen LogP) is 4.30. The minimum absolute atomic E-state index is 0.0254. The Balaban J connectivity index is 1.41. The first-order valence-corrected chi connectivity index (χ1v) is 14.9. The van der Waals surface area contributed by atoms with E-state index in [1.165, 1.54) is 0 Å². The molecule has 0 aliphatic carbocycles. The topological polar surface area (TPSA) is 128 Å². The zero-order valence-electron chi connectivity index (χ0n) is 24.1. The maximum atomic E-state index is 16.9. The van der Waals surface area contributed by atoms with Crippen molar-refractivity contribution in [3.8, 4) is 17.3 Å². The van der Waals surface area contributed by atoms with E-state index in [9.17, 15) is 4.79 Å². The number of nitrogens with one attached hydrogen (secondary N) is 1. The third-order valence-electron chi connectivity index (χ3n) is 8.29. The van der Waals surface area contributed by atoms with Gasteiger partial charge in [0.15, 0.2) is 5.82 Å². The van der Waals surface area contributed by atoms with Crippen LogP contribution in [-0.4, -0.2) is 101 Å². The quantitative estimate of drug-likeness (QED) is 0.259. The Morgan fingerprint density at radius 2 is 2.14 bits per heavy atom. The van der Waals surface area contributed by atoms with E-state index in [0.717, 1.165) is 18.5 Å². The number of aromatic amines is 1. The molecule has 14 heteroatoms. The molecule has 12 nitrogen and oxygen atoms in total. The number of likely N-dealkylation sites (tertiary alicyclic amines) is 1. The van der Waals surface area contributed by atoms with Gasteiger partial charge in [-0.15, -0.1) is 0 Å². The number of carbonyl (C=O) groups excluding carboxylic acids is 1. The van der Waals surface area contributed by atoms with E-state index in [1.807, 2.05) is 11.9 Å². The van der Waals surface area contributed by atoms with Gasteiger partial charge in [-0.05, 0) is 37.9 Å². The average molecular weight is 624 g/mol. The van der Waals surface area contributed by atoms with Crippen LogP contribution in [0.3, 0.4) is 0 Å². The lowest BCUT2D eigenvalue weighted by Gasteiger charge is -2.26. The summed E-state index contributed by atoms with van der Waals surface area (Å²) >= 11 is 6.74. The normalized spacial score (nSPS) is 21.5.